The lowest BCUT2D eigenvalue weighted by atomic mass is 10.0. The van der Waals surface area contributed by atoms with Crippen molar-refractivity contribution in [2.75, 3.05) is 5.32 Å². The Bertz CT molecular complexity index is 793. The molecule has 1 aliphatic heterocycles. The van der Waals surface area contributed by atoms with E-state index in [2.05, 4.69) is 34.3 Å². The number of nitrogens with one attached hydrogen (secondary N) is 2. The molecule has 0 spiro atoms. The number of imidazole rings is 1. The number of nitrogens with zero attached hydrogens (tertiary/aromatic N) is 1. The minimum absolute atomic E-state index is 0.0352. The van der Waals surface area contributed by atoms with Crippen LogP contribution < -0.4 is 5.32 Å². The highest BCUT2D eigenvalue weighted by Gasteiger charge is 2.25. The second-order valence-electron chi connectivity index (χ2n) is 6.75. The summed E-state index contributed by atoms with van der Waals surface area (Å²) in [6.07, 6.45) is 9.84. The van der Waals surface area contributed by atoms with Crippen LogP contribution in [-0.4, -0.2) is 15.9 Å². The standard InChI is InChI=1S/C20H23N3O/c1-2-3-6-13-9-10-16-14(11-13)15(20(24)23-16)12-19-21-17-7-4-5-8-18(17)22-19/h9-12H,2-8H2,1H3,(H,21,22)(H,23,24). The van der Waals surface area contributed by atoms with Crippen molar-refractivity contribution in [3.8, 4) is 0 Å². The first-order chi connectivity index (χ1) is 11.7. The SMILES string of the molecule is CCCCc1ccc2c(c1)C(=Cc1nc3c([nH]1)CCCC3)C(=O)N2. The van der Waals surface area contributed by atoms with Crippen LogP contribution in [0.5, 0.6) is 0 Å². The van der Waals surface area contributed by atoms with Crippen LogP contribution >= 0.6 is 0 Å². The summed E-state index contributed by atoms with van der Waals surface area (Å²) >= 11 is 0. The summed E-state index contributed by atoms with van der Waals surface area (Å²) in [6.45, 7) is 2.20. The fraction of sp³-hybridized carbons (Fsp3) is 0.400. The average Bonchev–Trinajstić information content (AvgIpc) is 3.14. The zero-order valence-electron chi connectivity index (χ0n) is 14.1. The van der Waals surface area contributed by atoms with Gasteiger partial charge in [0.2, 0.25) is 0 Å². The molecule has 0 unspecified atom stereocenters. The molecule has 1 aromatic heterocycles. The molecular weight excluding hydrogens is 298 g/mol. The predicted octanol–water partition coefficient (Wildman–Crippen LogP) is 4.12. The summed E-state index contributed by atoms with van der Waals surface area (Å²) in [5.41, 5.74) is 6.32. The highest BCUT2D eigenvalue weighted by atomic mass is 16.2. The number of aromatic nitrogens is 2. The summed E-state index contributed by atoms with van der Waals surface area (Å²) < 4.78 is 0. The number of carbonyl (C=O) groups is 1. The number of hydrogen-bond acceptors (Lipinski definition) is 2. The molecular formula is C20H23N3O. The van der Waals surface area contributed by atoms with Crippen LogP contribution in [0.2, 0.25) is 0 Å². The Morgan fingerprint density at radius 2 is 2.12 bits per heavy atom. The molecule has 124 valence electrons. The van der Waals surface area contributed by atoms with Crippen molar-refractivity contribution in [2.45, 2.75) is 51.9 Å². The van der Waals surface area contributed by atoms with E-state index in [1.807, 2.05) is 12.1 Å². The monoisotopic (exact) mass is 321 g/mol. The second kappa shape index (κ2) is 6.27. The van der Waals surface area contributed by atoms with E-state index in [9.17, 15) is 4.79 Å². The van der Waals surface area contributed by atoms with Crippen LogP contribution in [0.25, 0.3) is 11.6 Å². The first-order valence-electron chi connectivity index (χ1n) is 8.98. The number of amides is 1. The van der Waals surface area contributed by atoms with Gasteiger partial charge in [-0.3, -0.25) is 4.79 Å². The third-order valence-corrected chi connectivity index (χ3v) is 4.94. The molecule has 4 heteroatoms. The summed E-state index contributed by atoms with van der Waals surface area (Å²) in [7, 11) is 0. The number of rotatable bonds is 4. The van der Waals surface area contributed by atoms with E-state index in [0.717, 1.165) is 41.9 Å². The Morgan fingerprint density at radius 1 is 1.25 bits per heavy atom. The maximum atomic E-state index is 12.4. The molecule has 24 heavy (non-hydrogen) atoms. The van der Waals surface area contributed by atoms with E-state index < -0.39 is 0 Å². The summed E-state index contributed by atoms with van der Waals surface area (Å²) in [4.78, 5) is 20.5. The van der Waals surface area contributed by atoms with Crippen LogP contribution in [0.1, 0.15) is 60.9 Å². The Morgan fingerprint density at radius 3 is 2.96 bits per heavy atom. The van der Waals surface area contributed by atoms with Gasteiger partial charge in [0.15, 0.2) is 0 Å². The van der Waals surface area contributed by atoms with Crippen LogP contribution in [-0.2, 0) is 24.1 Å². The van der Waals surface area contributed by atoms with Crippen molar-refractivity contribution in [1.82, 2.24) is 9.97 Å². The molecule has 2 heterocycles. The average molecular weight is 321 g/mol. The van der Waals surface area contributed by atoms with Gasteiger partial charge in [-0.05, 0) is 62.3 Å². The lowest BCUT2D eigenvalue weighted by molar-refractivity contribution is -0.110. The van der Waals surface area contributed by atoms with E-state index in [1.54, 1.807) is 0 Å². The Labute approximate surface area is 142 Å². The quantitative estimate of drug-likeness (QED) is 0.832. The van der Waals surface area contributed by atoms with Gasteiger partial charge in [-0.2, -0.15) is 0 Å². The number of unbranched alkanes of at least 4 members (excludes halogenated alkanes) is 1. The molecule has 0 saturated heterocycles. The van der Waals surface area contributed by atoms with Crippen LogP contribution in [0.15, 0.2) is 18.2 Å². The van der Waals surface area contributed by atoms with Crippen LogP contribution in [0.3, 0.4) is 0 Å². The third kappa shape index (κ3) is 2.77. The van der Waals surface area contributed by atoms with Gasteiger partial charge in [0.1, 0.15) is 5.82 Å². The lowest BCUT2D eigenvalue weighted by Gasteiger charge is -2.07. The molecule has 2 N–H and O–H groups in total. The van der Waals surface area contributed by atoms with Gasteiger partial charge in [-0.1, -0.05) is 19.4 Å². The Hall–Kier alpha value is -2.36. The van der Waals surface area contributed by atoms with E-state index in [4.69, 9.17) is 0 Å². The van der Waals surface area contributed by atoms with Gasteiger partial charge >= 0.3 is 0 Å². The number of H-pyrrole nitrogens is 1. The lowest BCUT2D eigenvalue weighted by Crippen LogP contribution is -2.03. The van der Waals surface area contributed by atoms with Gasteiger partial charge in [0, 0.05) is 16.9 Å². The van der Waals surface area contributed by atoms with Crippen LogP contribution in [0, 0.1) is 0 Å². The van der Waals surface area contributed by atoms with E-state index in [-0.39, 0.29) is 5.91 Å². The van der Waals surface area contributed by atoms with Gasteiger partial charge in [-0.15, -0.1) is 0 Å². The molecule has 0 atom stereocenters. The fourth-order valence-corrected chi connectivity index (χ4v) is 3.60. The van der Waals surface area contributed by atoms with Gasteiger partial charge in [0.25, 0.3) is 5.91 Å². The zero-order chi connectivity index (χ0) is 16.5. The number of fused-ring (bicyclic) bond motifs is 2. The molecule has 2 aromatic rings. The molecule has 0 fully saturated rings. The molecule has 0 radical (unpaired) electrons. The maximum absolute atomic E-state index is 12.4. The molecule has 4 rings (SSSR count). The minimum atomic E-state index is -0.0352. The predicted molar refractivity (Wildman–Crippen MR) is 96.8 cm³/mol. The van der Waals surface area contributed by atoms with Gasteiger partial charge in [0.05, 0.1) is 11.3 Å². The number of carbonyl (C=O) groups excluding carboxylic acids is 1. The van der Waals surface area contributed by atoms with Gasteiger partial charge < -0.3 is 10.3 Å². The minimum Gasteiger partial charge on any atom is -0.342 e. The topological polar surface area (TPSA) is 57.8 Å². The maximum Gasteiger partial charge on any atom is 0.256 e. The van der Waals surface area contributed by atoms with Crippen LogP contribution in [0.4, 0.5) is 5.69 Å². The molecule has 0 saturated carbocycles. The van der Waals surface area contributed by atoms with E-state index >= 15 is 0 Å². The van der Waals surface area contributed by atoms with E-state index in [0.29, 0.717) is 0 Å². The number of aromatic amines is 1. The second-order valence-corrected chi connectivity index (χ2v) is 6.75. The number of benzene rings is 1. The molecule has 4 nitrogen and oxygen atoms in total. The number of anilines is 1. The zero-order valence-corrected chi connectivity index (χ0v) is 14.1. The number of aryl methyl sites for hydroxylation is 3. The molecule has 0 bridgehead atoms. The molecule has 2 aliphatic rings. The van der Waals surface area contributed by atoms with Crippen molar-refractivity contribution in [3.05, 3.63) is 46.5 Å². The summed E-state index contributed by atoms with van der Waals surface area (Å²) in [5, 5.41) is 2.96. The molecule has 1 amide bonds. The smallest absolute Gasteiger partial charge is 0.256 e. The highest BCUT2D eigenvalue weighted by molar-refractivity contribution is 6.34. The Kier molecular flexibility index (Phi) is 3.97. The Balaban J connectivity index is 1.68. The van der Waals surface area contributed by atoms with Crippen molar-refractivity contribution in [2.24, 2.45) is 0 Å². The summed E-state index contributed by atoms with van der Waals surface area (Å²) in [5.74, 6) is 0.769. The van der Waals surface area contributed by atoms with Crippen molar-refractivity contribution >= 4 is 23.2 Å². The van der Waals surface area contributed by atoms with Gasteiger partial charge in [-0.25, -0.2) is 4.98 Å². The third-order valence-electron chi connectivity index (χ3n) is 4.94. The highest BCUT2D eigenvalue weighted by Crippen LogP contribution is 2.34. The van der Waals surface area contributed by atoms with Crippen molar-refractivity contribution < 1.29 is 4.79 Å². The first-order valence-corrected chi connectivity index (χ1v) is 8.98. The first kappa shape index (κ1) is 15.2. The molecule has 1 aliphatic carbocycles. The number of hydrogen-bond donors (Lipinski definition) is 2. The van der Waals surface area contributed by atoms with Crippen molar-refractivity contribution in [3.63, 3.8) is 0 Å². The van der Waals surface area contributed by atoms with Crippen molar-refractivity contribution in [1.29, 1.82) is 0 Å². The summed E-state index contributed by atoms with van der Waals surface area (Å²) in [6, 6.07) is 6.28. The fourth-order valence-electron chi connectivity index (χ4n) is 3.60. The molecule has 1 aromatic carbocycles. The normalized spacial score (nSPS) is 17.7. The van der Waals surface area contributed by atoms with E-state index in [1.165, 1.54) is 42.6 Å². The largest absolute Gasteiger partial charge is 0.342 e.